The van der Waals surface area contributed by atoms with Crippen LogP contribution >= 0.6 is 11.3 Å². The molecule has 0 aromatic carbocycles. The van der Waals surface area contributed by atoms with Gasteiger partial charge in [-0.3, -0.25) is 4.90 Å². The molecule has 2 saturated heterocycles. The number of fused-ring (bicyclic) bond motifs is 1. The molecule has 2 aliphatic rings. The Morgan fingerprint density at radius 1 is 1.50 bits per heavy atom. The Hall–Kier alpha value is -0.650. The highest BCUT2D eigenvalue weighted by molar-refractivity contribution is 7.15. The summed E-state index contributed by atoms with van der Waals surface area (Å²) in [4.78, 5) is 10.9. The maximum absolute atomic E-state index is 5.92. The van der Waals surface area contributed by atoms with Gasteiger partial charge in [-0.05, 0) is 33.2 Å². The highest BCUT2D eigenvalue weighted by Gasteiger charge is 2.35. The number of hydrogen-bond acceptors (Lipinski definition) is 5. The van der Waals surface area contributed by atoms with Gasteiger partial charge < -0.3 is 10.6 Å². The van der Waals surface area contributed by atoms with E-state index in [4.69, 9.17) is 5.73 Å². The van der Waals surface area contributed by atoms with Gasteiger partial charge in [0.15, 0.2) is 5.13 Å². The summed E-state index contributed by atoms with van der Waals surface area (Å²) in [7, 11) is 0. The van der Waals surface area contributed by atoms with Crippen LogP contribution in [0.3, 0.4) is 0 Å². The Morgan fingerprint density at radius 2 is 2.33 bits per heavy atom. The third-order valence-electron chi connectivity index (χ3n) is 4.14. The highest BCUT2D eigenvalue weighted by atomic mass is 32.1. The van der Waals surface area contributed by atoms with Crippen molar-refractivity contribution >= 4 is 16.5 Å². The minimum absolute atomic E-state index is 0.0966. The maximum Gasteiger partial charge on any atom is 0.185 e. The average molecular weight is 266 g/mol. The fourth-order valence-corrected chi connectivity index (χ4v) is 4.05. The highest BCUT2D eigenvalue weighted by Crippen LogP contribution is 2.32. The van der Waals surface area contributed by atoms with E-state index in [0.717, 1.165) is 17.7 Å². The second-order valence-electron chi connectivity index (χ2n) is 5.63. The van der Waals surface area contributed by atoms with Crippen molar-refractivity contribution in [1.82, 2.24) is 9.88 Å². The molecule has 1 aromatic heterocycles. The third kappa shape index (κ3) is 2.15. The molecule has 3 unspecified atom stereocenters. The normalized spacial score (nSPS) is 30.5. The first kappa shape index (κ1) is 12.4. The molecule has 0 spiro atoms. The summed E-state index contributed by atoms with van der Waals surface area (Å²) in [6, 6.07) is 1.40. The summed E-state index contributed by atoms with van der Waals surface area (Å²) >= 11 is 1.76. The molecule has 3 atom stereocenters. The van der Waals surface area contributed by atoms with Crippen molar-refractivity contribution in [3.8, 4) is 0 Å². The van der Waals surface area contributed by atoms with E-state index < -0.39 is 0 Å². The molecule has 0 amide bonds. The molecule has 5 heteroatoms. The zero-order chi connectivity index (χ0) is 12.7. The van der Waals surface area contributed by atoms with Crippen LogP contribution in [-0.2, 0) is 0 Å². The van der Waals surface area contributed by atoms with E-state index in [9.17, 15) is 0 Å². The zero-order valence-electron chi connectivity index (χ0n) is 11.2. The largest absolute Gasteiger partial charge is 0.343 e. The van der Waals surface area contributed by atoms with Crippen molar-refractivity contribution in [1.29, 1.82) is 0 Å². The quantitative estimate of drug-likeness (QED) is 0.887. The van der Waals surface area contributed by atoms with Gasteiger partial charge in [0, 0.05) is 42.3 Å². The molecule has 2 aliphatic heterocycles. The van der Waals surface area contributed by atoms with Gasteiger partial charge in [0.1, 0.15) is 0 Å². The minimum Gasteiger partial charge on any atom is -0.343 e. The predicted octanol–water partition coefficient (Wildman–Crippen LogP) is 1.84. The standard InChI is InChI=1S/C13H22N4S/c1-9-7-16-5-3-4-11(16)8-17(9)13-15-6-12(18-13)10(2)14/h6,9-11H,3-5,7-8,14H2,1-2H3. The second-order valence-corrected chi connectivity index (χ2v) is 6.67. The van der Waals surface area contributed by atoms with Gasteiger partial charge >= 0.3 is 0 Å². The van der Waals surface area contributed by atoms with Crippen LogP contribution < -0.4 is 10.6 Å². The van der Waals surface area contributed by atoms with Crippen LogP contribution in [0.4, 0.5) is 5.13 Å². The third-order valence-corrected chi connectivity index (χ3v) is 5.38. The molecule has 0 bridgehead atoms. The van der Waals surface area contributed by atoms with Crippen molar-refractivity contribution in [2.75, 3.05) is 24.5 Å². The topological polar surface area (TPSA) is 45.4 Å². The number of aromatic nitrogens is 1. The fraction of sp³-hybridized carbons (Fsp3) is 0.769. The second kappa shape index (κ2) is 4.79. The number of thiazole rings is 1. The van der Waals surface area contributed by atoms with Gasteiger partial charge in [-0.15, -0.1) is 11.3 Å². The van der Waals surface area contributed by atoms with Gasteiger partial charge in [-0.25, -0.2) is 4.98 Å². The molecule has 4 nitrogen and oxygen atoms in total. The first-order valence-corrected chi connectivity index (χ1v) is 7.69. The van der Waals surface area contributed by atoms with Crippen molar-refractivity contribution < 1.29 is 0 Å². The van der Waals surface area contributed by atoms with Crippen LogP contribution in [0.15, 0.2) is 6.20 Å². The number of anilines is 1. The zero-order valence-corrected chi connectivity index (χ0v) is 12.0. The molecule has 2 N–H and O–H groups in total. The lowest BCUT2D eigenvalue weighted by atomic mass is 10.1. The van der Waals surface area contributed by atoms with E-state index in [2.05, 4.69) is 21.7 Å². The molecule has 3 heterocycles. The van der Waals surface area contributed by atoms with Crippen molar-refractivity contribution in [2.24, 2.45) is 5.73 Å². The average Bonchev–Trinajstić information content (AvgIpc) is 2.94. The van der Waals surface area contributed by atoms with E-state index in [1.165, 1.54) is 30.8 Å². The first-order chi connectivity index (χ1) is 8.65. The Balaban J connectivity index is 1.78. The van der Waals surface area contributed by atoms with Crippen LogP contribution in [0.25, 0.3) is 0 Å². The number of piperazine rings is 1. The predicted molar refractivity (Wildman–Crippen MR) is 76.1 cm³/mol. The Kier molecular flexibility index (Phi) is 3.30. The molecule has 0 radical (unpaired) electrons. The summed E-state index contributed by atoms with van der Waals surface area (Å²) in [5.41, 5.74) is 5.92. The molecule has 1 aromatic rings. The summed E-state index contributed by atoms with van der Waals surface area (Å²) in [5.74, 6) is 0. The summed E-state index contributed by atoms with van der Waals surface area (Å²) in [5, 5.41) is 1.15. The van der Waals surface area contributed by atoms with Gasteiger partial charge in [-0.2, -0.15) is 0 Å². The molecule has 0 saturated carbocycles. The molecular weight excluding hydrogens is 244 g/mol. The van der Waals surface area contributed by atoms with Gasteiger partial charge in [0.25, 0.3) is 0 Å². The SMILES string of the molecule is CC(N)c1cnc(N2CC3CCCN3CC2C)s1. The van der Waals surface area contributed by atoms with Crippen LogP contribution in [0.5, 0.6) is 0 Å². The summed E-state index contributed by atoms with van der Waals surface area (Å²) in [6.07, 6.45) is 4.64. The van der Waals surface area contributed by atoms with E-state index in [1.807, 2.05) is 13.1 Å². The summed E-state index contributed by atoms with van der Waals surface area (Å²) in [6.45, 7) is 7.92. The fourth-order valence-electron chi connectivity index (χ4n) is 3.07. The van der Waals surface area contributed by atoms with Crippen LogP contribution in [0.2, 0.25) is 0 Å². The molecule has 2 fully saturated rings. The number of nitrogens with two attached hydrogens (primary N) is 1. The lowest BCUT2D eigenvalue weighted by Crippen LogP contribution is -2.55. The number of rotatable bonds is 2. The molecule has 18 heavy (non-hydrogen) atoms. The first-order valence-electron chi connectivity index (χ1n) is 6.87. The molecule has 100 valence electrons. The van der Waals surface area contributed by atoms with Gasteiger partial charge in [0.05, 0.1) is 0 Å². The molecule has 3 rings (SSSR count). The lowest BCUT2D eigenvalue weighted by molar-refractivity contribution is 0.203. The lowest BCUT2D eigenvalue weighted by Gasteiger charge is -2.42. The van der Waals surface area contributed by atoms with E-state index >= 15 is 0 Å². The van der Waals surface area contributed by atoms with Crippen LogP contribution in [0, 0.1) is 0 Å². The number of hydrogen-bond donors (Lipinski definition) is 1. The monoisotopic (exact) mass is 266 g/mol. The van der Waals surface area contributed by atoms with Gasteiger partial charge in [-0.1, -0.05) is 0 Å². The Labute approximate surface area is 113 Å². The van der Waals surface area contributed by atoms with E-state index in [-0.39, 0.29) is 6.04 Å². The molecule has 0 aliphatic carbocycles. The van der Waals surface area contributed by atoms with E-state index in [1.54, 1.807) is 11.3 Å². The Bertz CT molecular complexity index is 417. The van der Waals surface area contributed by atoms with Gasteiger partial charge in [0.2, 0.25) is 0 Å². The van der Waals surface area contributed by atoms with Crippen LogP contribution in [0.1, 0.15) is 37.6 Å². The van der Waals surface area contributed by atoms with Crippen molar-refractivity contribution in [3.05, 3.63) is 11.1 Å². The Morgan fingerprint density at radius 3 is 3.06 bits per heavy atom. The number of nitrogens with zero attached hydrogens (tertiary/aromatic N) is 3. The van der Waals surface area contributed by atoms with Crippen molar-refractivity contribution in [2.45, 2.75) is 44.8 Å². The van der Waals surface area contributed by atoms with E-state index in [0.29, 0.717) is 6.04 Å². The maximum atomic E-state index is 5.92. The van der Waals surface area contributed by atoms with Crippen LogP contribution in [-0.4, -0.2) is 41.6 Å². The van der Waals surface area contributed by atoms with Crippen molar-refractivity contribution in [3.63, 3.8) is 0 Å². The molecular formula is C13H22N4S. The smallest absolute Gasteiger partial charge is 0.185 e. The summed E-state index contributed by atoms with van der Waals surface area (Å²) < 4.78 is 0. The minimum atomic E-state index is 0.0966.